The van der Waals surface area contributed by atoms with Gasteiger partial charge < -0.3 is 10.4 Å². The lowest BCUT2D eigenvalue weighted by Gasteiger charge is -2.21. The SMILES string of the molecule is Cc1cn2c(=O)c(C(=O)NCCCC(C)(C)CO)cnc2s1. The van der Waals surface area contributed by atoms with Crippen LogP contribution in [0.4, 0.5) is 0 Å². The second-order valence-electron chi connectivity index (χ2n) is 6.15. The van der Waals surface area contributed by atoms with Crippen molar-refractivity contribution in [2.45, 2.75) is 33.6 Å². The normalized spacial score (nSPS) is 11.8. The summed E-state index contributed by atoms with van der Waals surface area (Å²) < 4.78 is 1.41. The number of aryl methyl sites for hydroxylation is 1. The summed E-state index contributed by atoms with van der Waals surface area (Å²) in [6, 6.07) is 0. The maximum Gasteiger partial charge on any atom is 0.271 e. The fraction of sp³-hybridized carbons (Fsp3) is 0.533. The lowest BCUT2D eigenvalue weighted by atomic mass is 9.89. The molecule has 2 heterocycles. The van der Waals surface area contributed by atoms with E-state index in [1.807, 2.05) is 20.8 Å². The average Bonchev–Trinajstić information content (AvgIpc) is 2.85. The van der Waals surface area contributed by atoms with E-state index >= 15 is 0 Å². The first kappa shape index (κ1) is 16.6. The van der Waals surface area contributed by atoms with Gasteiger partial charge in [0.1, 0.15) is 5.56 Å². The van der Waals surface area contributed by atoms with Gasteiger partial charge in [-0.25, -0.2) is 4.98 Å². The van der Waals surface area contributed by atoms with Crippen LogP contribution in [0.3, 0.4) is 0 Å². The second kappa shape index (κ2) is 6.58. The summed E-state index contributed by atoms with van der Waals surface area (Å²) in [5.41, 5.74) is -0.446. The summed E-state index contributed by atoms with van der Waals surface area (Å²) in [7, 11) is 0. The lowest BCUT2D eigenvalue weighted by Crippen LogP contribution is -2.32. The van der Waals surface area contributed by atoms with Crippen LogP contribution >= 0.6 is 11.3 Å². The number of aromatic nitrogens is 2. The summed E-state index contributed by atoms with van der Waals surface area (Å²) >= 11 is 1.41. The zero-order valence-electron chi connectivity index (χ0n) is 13.0. The van der Waals surface area contributed by atoms with Crippen molar-refractivity contribution in [3.8, 4) is 0 Å². The molecule has 0 radical (unpaired) electrons. The van der Waals surface area contributed by atoms with E-state index < -0.39 is 5.91 Å². The number of nitrogens with zero attached hydrogens (tertiary/aromatic N) is 2. The first-order valence-corrected chi connectivity index (χ1v) is 8.02. The van der Waals surface area contributed by atoms with Crippen LogP contribution in [0.15, 0.2) is 17.2 Å². The molecule has 0 aliphatic carbocycles. The van der Waals surface area contributed by atoms with Gasteiger partial charge in [0.05, 0.1) is 0 Å². The van der Waals surface area contributed by atoms with Gasteiger partial charge in [0, 0.05) is 30.4 Å². The predicted molar refractivity (Wildman–Crippen MR) is 86.5 cm³/mol. The third-order valence-corrected chi connectivity index (χ3v) is 4.42. The van der Waals surface area contributed by atoms with E-state index in [9.17, 15) is 14.7 Å². The Morgan fingerprint density at radius 2 is 2.23 bits per heavy atom. The highest BCUT2D eigenvalue weighted by Gasteiger charge is 2.17. The number of carbonyl (C=O) groups is 1. The molecule has 2 aromatic rings. The molecule has 0 fully saturated rings. The van der Waals surface area contributed by atoms with Gasteiger partial charge in [0.25, 0.3) is 11.5 Å². The van der Waals surface area contributed by atoms with Crippen molar-refractivity contribution >= 4 is 22.2 Å². The van der Waals surface area contributed by atoms with Gasteiger partial charge in [-0.1, -0.05) is 13.8 Å². The molecule has 0 aliphatic heterocycles. The Hall–Kier alpha value is -1.73. The quantitative estimate of drug-likeness (QED) is 0.791. The topological polar surface area (TPSA) is 83.7 Å². The molecule has 0 aliphatic rings. The van der Waals surface area contributed by atoms with E-state index in [4.69, 9.17) is 0 Å². The van der Waals surface area contributed by atoms with Gasteiger partial charge in [-0.3, -0.25) is 14.0 Å². The number of carbonyl (C=O) groups excluding carboxylic acids is 1. The van der Waals surface area contributed by atoms with Crippen molar-refractivity contribution in [1.29, 1.82) is 0 Å². The van der Waals surface area contributed by atoms with Crippen molar-refractivity contribution < 1.29 is 9.90 Å². The van der Waals surface area contributed by atoms with Crippen molar-refractivity contribution in [1.82, 2.24) is 14.7 Å². The van der Waals surface area contributed by atoms with Crippen LogP contribution in [0.25, 0.3) is 4.96 Å². The number of aliphatic hydroxyl groups excluding tert-OH is 1. The van der Waals surface area contributed by atoms with Gasteiger partial charge in [0.15, 0.2) is 4.96 Å². The summed E-state index contributed by atoms with van der Waals surface area (Å²) in [5, 5.41) is 11.9. The van der Waals surface area contributed by atoms with Crippen molar-refractivity contribution in [2.75, 3.05) is 13.2 Å². The van der Waals surface area contributed by atoms with Gasteiger partial charge >= 0.3 is 0 Å². The summed E-state index contributed by atoms with van der Waals surface area (Å²) in [6.07, 6.45) is 4.56. The van der Waals surface area contributed by atoms with Crippen LogP contribution < -0.4 is 10.9 Å². The number of hydrogen-bond acceptors (Lipinski definition) is 5. The smallest absolute Gasteiger partial charge is 0.271 e. The van der Waals surface area contributed by atoms with E-state index in [1.165, 1.54) is 21.9 Å². The average molecular weight is 323 g/mol. The molecule has 2 aromatic heterocycles. The minimum atomic E-state index is -0.405. The number of thiazole rings is 1. The standard InChI is InChI=1S/C15H21N3O3S/c1-10-8-18-13(21)11(7-17-14(18)22-10)12(20)16-6-4-5-15(2,3)9-19/h7-8,19H,4-6,9H2,1-3H3,(H,16,20). The molecule has 6 nitrogen and oxygen atoms in total. The maximum absolute atomic E-state index is 12.3. The largest absolute Gasteiger partial charge is 0.396 e. The number of hydrogen-bond donors (Lipinski definition) is 2. The molecular formula is C15H21N3O3S. The van der Waals surface area contributed by atoms with Crippen molar-refractivity contribution in [2.24, 2.45) is 5.41 Å². The van der Waals surface area contributed by atoms with E-state index in [-0.39, 0.29) is 23.1 Å². The molecule has 2 rings (SSSR count). The summed E-state index contributed by atoms with van der Waals surface area (Å²) in [4.78, 5) is 30.1. The van der Waals surface area contributed by atoms with Gasteiger partial charge in [-0.15, -0.1) is 11.3 Å². The van der Waals surface area contributed by atoms with Crippen LogP contribution in [-0.2, 0) is 0 Å². The van der Waals surface area contributed by atoms with Crippen molar-refractivity contribution in [3.05, 3.63) is 33.2 Å². The van der Waals surface area contributed by atoms with E-state index in [1.54, 1.807) is 6.20 Å². The first-order valence-electron chi connectivity index (χ1n) is 7.21. The molecule has 0 saturated heterocycles. The van der Waals surface area contributed by atoms with E-state index in [0.717, 1.165) is 17.7 Å². The Morgan fingerprint density at radius 3 is 2.91 bits per heavy atom. The van der Waals surface area contributed by atoms with E-state index in [2.05, 4.69) is 10.3 Å². The monoisotopic (exact) mass is 323 g/mol. The van der Waals surface area contributed by atoms with Crippen LogP contribution in [0.2, 0.25) is 0 Å². The Kier molecular flexibility index (Phi) is 4.97. The Balaban J connectivity index is 2.01. The molecule has 0 saturated carbocycles. The molecule has 1 amide bonds. The minimum Gasteiger partial charge on any atom is -0.396 e. The molecule has 120 valence electrons. The van der Waals surface area contributed by atoms with Crippen LogP contribution in [-0.4, -0.2) is 33.6 Å². The lowest BCUT2D eigenvalue weighted by molar-refractivity contribution is 0.0946. The van der Waals surface area contributed by atoms with Gasteiger partial charge in [0.2, 0.25) is 0 Å². The zero-order chi connectivity index (χ0) is 16.3. The Labute approximate surface area is 132 Å². The highest BCUT2D eigenvalue weighted by molar-refractivity contribution is 7.16. The third kappa shape index (κ3) is 3.72. The molecule has 0 unspecified atom stereocenters. The molecule has 0 atom stereocenters. The van der Waals surface area contributed by atoms with Gasteiger partial charge in [-0.05, 0) is 25.2 Å². The molecule has 2 N–H and O–H groups in total. The number of amides is 1. The summed E-state index contributed by atoms with van der Waals surface area (Å²) in [5.74, 6) is -0.405. The molecular weight excluding hydrogens is 302 g/mol. The highest BCUT2D eigenvalue weighted by Crippen LogP contribution is 2.20. The third-order valence-electron chi connectivity index (χ3n) is 3.51. The minimum absolute atomic E-state index is 0.0525. The summed E-state index contributed by atoms with van der Waals surface area (Å²) in [6.45, 7) is 6.41. The fourth-order valence-corrected chi connectivity index (χ4v) is 2.88. The number of rotatable bonds is 6. The molecule has 0 aromatic carbocycles. The number of nitrogens with one attached hydrogen (secondary N) is 1. The second-order valence-corrected chi connectivity index (χ2v) is 7.37. The van der Waals surface area contributed by atoms with Crippen LogP contribution in [0.1, 0.15) is 41.9 Å². The maximum atomic E-state index is 12.3. The van der Waals surface area contributed by atoms with Crippen LogP contribution in [0.5, 0.6) is 0 Å². The van der Waals surface area contributed by atoms with Crippen molar-refractivity contribution in [3.63, 3.8) is 0 Å². The first-order chi connectivity index (χ1) is 10.3. The number of fused-ring (bicyclic) bond motifs is 1. The van der Waals surface area contributed by atoms with Crippen LogP contribution in [0, 0.1) is 12.3 Å². The number of aliphatic hydroxyl groups is 1. The predicted octanol–water partition coefficient (Wildman–Crippen LogP) is 1.59. The molecule has 0 spiro atoms. The van der Waals surface area contributed by atoms with E-state index in [0.29, 0.717) is 11.5 Å². The van der Waals surface area contributed by atoms with Gasteiger partial charge in [-0.2, -0.15) is 0 Å². The highest BCUT2D eigenvalue weighted by atomic mass is 32.1. The Bertz CT molecular complexity index is 733. The molecule has 22 heavy (non-hydrogen) atoms. The Morgan fingerprint density at radius 1 is 1.50 bits per heavy atom. The molecule has 0 bridgehead atoms. The molecule has 7 heteroatoms. The fourth-order valence-electron chi connectivity index (χ4n) is 2.09. The zero-order valence-corrected chi connectivity index (χ0v) is 13.9.